The fourth-order valence-electron chi connectivity index (χ4n) is 2.02. The average Bonchev–Trinajstić information content (AvgIpc) is 2.46. The van der Waals surface area contributed by atoms with Crippen LogP contribution in [-0.4, -0.2) is 43.1 Å². The van der Waals surface area contributed by atoms with E-state index in [1.165, 1.54) is 14.0 Å². The van der Waals surface area contributed by atoms with Crippen molar-refractivity contribution in [1.29, 1.82) is 0 Å². The molecule has 0 fully saturated rings. The Bertz CT molecular complexity index is 571. The van der Waals surface area contributed by atoms with Crippen LogP contribution in [0.2, 0.25) is 0 Å². The van der Waals surface area contributed by atoms with Crippen LogP contribution in [-0.2, 0) is 11.2 Å². The number of hydrogen-bond donors (Lipinski definition) is 0. The summed E-state index contributed by atoms with van der Waals surface area (Å²) in [6.45, 7) is 3.17. The molecule has 0 saturated carbocycles. The Morgan fingerprint density at radius 2 is 1.83 bits per heavy atom. The number of likely N-dealkylation sites (N-methyl/N-ethyl adjacent to an activating group) is 1. The van der Waals surface area contributed by atoms with Crippen molar-refractivity contribution in [3.8, 4) is 5.75 Å². The van der Waals surface area contributed by atoms with Gasteiger partial charge in [-0.25, -0.2) is 0 Å². The molecule has 3 nitrogen and oxygen atoms in total. The highest BCUT2D eigenvalue weighted by atomic mass is 19.4. The van der Waals surface area contributed by atoms with Crippen LogP contribution in [0.15, 0.2) is 18.2 Å². The number of amides is 1. The highest BCUT2D eigenvalue weighted by molar-refractivity contribution is 5.84. The molecule has 0 radical (unpaired) electrons. The Hall–Kier alpha value is -1.86. The number of halogens is 5. The van der Waals surface area contributed by atoms with Gasteiger partial charge in [0, 0.05) is 13.1 Å². The van der Waals surface area contributed by atoms with Gasteiger partial charge in [0.05, 0.1) is 7.11 Å². The van der Waals surface area contributed by atoms with E-state index >= 15 is 0 Å². The molecule has 0 spiro atoms. The Morgan fingerprint density at radius 1 is 1.26 bits per heavy atom. The van der Waals surface area contributed by atoms with E-state index in [1.54, 1.807) is 25.1 Å². The lowest BCUT2D eigenvalue weighted by Crippen LogP contribution is -2.53. The molecule has 0 aliphatic heterocycles. The van der Waals surface area contributed by atoms with Gasteiger partial charge in [-0.1, -0.05) is 6.07 Å². The maximum atomic E-state index is 13.1. The molecule has 0 N–H and O–H groups in total. The molecule has 0 aliphatic rings. The Labute approximate surface area is 131 Å². The third-order valence-corrected chi connectivity index (χ3v) is 3.67. The Balaban J connectivity index is 2.89. The van der Waals surface area contributed by atoms with Gasteiger partial charge in [-0.2, -0.15) is 22.0 Å². The fourth-order valence-corrected chi connectivity index (χ4v) is 2.02. The van der Waals surface area contributed by atoms with Crippen molar-refractivity contribution in [2.24, 2.45) is 0 Å². The number of alkyl halides is 5. The van der Waals surface area contributed by atoms with Crippen LogP contribution in [0.4, 0.5) is 22.0 Å². The van der Waals surface area contributed by atoms with Crippen molar-refractivity contribution in [3.05, 3.63) is 29.3 Å². The lowest BCUT2D eigenvalue weighted by molar-refractivity contribution is -0.274. The van der Waals surface area contributed by atoms with Crippen LogP contribution < -0.4 is 4.74 Å². The minimum Gasteiger partial charge on any atom is -0.497 e. The molecule has 1 rings (SSSR count). The number of methoxy groups -OCH3 is 1. The predicted octanol–water partition coefficient (Wildman–Crippen LogP) is 3.59. The lowest BCUT2D eigenvalue weighted by atomic mass is 10.0. The van der Waals surface area contributed by atoms with Crippen molar-refractivity contribution in [1.82, 2.24) is 4.90 Å². The van der Waals surface area contributed by atoms with Gasteiger partial charge in [0.1, 0.15) is 5.75 Å². The summed E-state index contributed by atoms with van der Waals surface area (Å²) < 4.78 is 68.1. The van der Waals surface area contributed by atoms with E-state index in [9.17, 15) is 26.7 Å². The van der Waals surface area contributed by atoms with E-state index in [0.717, 1.165) is 18.2 Å². The van der Waals surface area contributed by atoms with Crippen LogP contribution >= 0.6 is 0 Å². The normalized spacial score (nSPS) is 13.6. The average molecular weight is 339 g/mol. The summed E-state index contributed by atoms with van der Waals surface area (Å²) in [5, 5.41) is 0. The molecule has 1 aromatic rings. The SMILES string of the molecule is COc1ccc(CC(C)N(C)C(=O)C(F)(F)C(F)(F)F)c(C)c1. The summed E-state index contributed by atoms with van der Waals surface area (Å²) in [5.41, 5.74) is 1.52. The quantitative estimate of drug-likeness (QED) is 0.768. The zero-order chi connectivity index (χ0) is 18.0. The Kier molecular flexibility index (Phi) is 5.60. The van der Waals surface area contributed by atoms with Gasteiger partial charge in [0.2, 0.25) is 0 Å². The number of carbonyl (C=O) groups excluding carboxylic acids is 1. The summed E-state index contributed by atoms with van der Waals surface area (Å²) in [7, 11) is 2.42. The highest BCUT2D eigenvalue weighted by Gasteiger charge is 2.64. The molecule has 0 saturated heterocycles. The molecule has 0 aromatic heterocycles. The molecular formula is C15H18F5NO2. The van der Waals surface area contributed by atoms with Crippen molar-refractivity contribution in [2.75, 3.05) is 14.2 Å². The fraction of sp³-hybridized carbons (Fsp3) is 0.533. The first kappa shape index (κ1) is 19.2. The topological polar surface area (TPSA) is 29.5 Å². The van der Waals surface area contributed by atoms with Gasteiger partial charge in [-0.3, -0.25) is 4.79 Å². The van der Waals surface area contributed by atoms with Crippen molar-refractivity contribution >= 4 is 5.91 Å². The minimum atomic E-state index is -5.91. The van der Waals surface area contributed by atoms with Crippen molar-refractivity contribution in [2.45, 2.75) is 38.4 Å². The van der Waals surface area contributed by atoms with Crippen molar-refractivity contribution in [3.63, 3.8) is 0 Å². The van der Waals surface area contributed by atoms with E-state index < -0.39 is 24.0 Å². The summed E-state index contributed by atoms with van der Waals surface area (Å²) in [6, 6.07) is 4.23. The second-order valence-electron chi connectivity index (χ2n) is 5.33. The molecule has 1 amide bonds. The highest BCUT2D eigenvalue weighted by Crippen LogP contribution is 2.37. The molecule has 0 bridgehead atoms. The van der Waals surface area contributed by atoms with Gasteiger partial charge in [0.15, 0.2) is 0 Å². The Morgan fingerprint density at radius 3 is 2.26 bits per heavy atom. The molecule has 8 heteroatoms. The van der Waals surface area contributed by atoms with Crippen LogP contribution in [0, 0.1) is 6.92 Å². The lowest BCUT2D eigenvalue weighted by Gasteiger charge is -2.30. The van der Waals surface area contributed by atoms with Gasteiger partial charge in [0.25, 0.3) is 0 Å². The van der Waals surface area contributed by atoms with Gasteiger partial charge in [-0.05, 0) is 43.5 Å². The molecule has 1 atom stereocenters. The maximum absolute atomic E-state index is 13.1. The number of ether oxygens (including phenoxy) is 1. The molecule has 0 aliphatic carbocycles. The second-order valence-corrected chi connectivity index (χ2v) is 5.33. The zero-order valence-corrected chi connectivity index (χ0v) is 13.2. The molecule has 130 valence electrons. The number of benzene rings is 1. The smallest absolute Gasteiger partial charge is 0.463 e. The standard InChI is InChI=1S/C15H18F5NO2/c1-9-7-12(23-4)6-5-11(9)8-10(2)21(3)13(22)14(16,17)15(18,19)20/h5-7,10H,8H2,1-4H3. The first-order valence-electron chi connectivity index (χ1n) is 6.77. The zero-order valence-electron chi connectivity index (χ0n) is 13.2. The summed E-state index contributed by atoms with van der Waals surface area (Å²) in [4.78, 5) is 11.9. The third kappa shape index (κ3) is 4.11. The first-order chi connectivity index (χ1) is 10.4. The van der Waals surface area contributed by atoms with Crippen LogP contribution in [0.5, 0.6) is 5.75 Å². The number of rotatable bonds is 5. The van der Waals surface area contributed by atoms with Crippen LogP contribution in [0.25, 0.3) is 0 Å². The number of nitrogens with zero attached hydrogens (tertiary/aromatic N) is 1. The van der Waals surface area contributed by atoms with Gasteiger partial charge >= 0.3 is 18.0 Å². The summed E-state index contributed by atoms with van der Waals surface area (Å²) >= 11 is 0. The number of carbonyl (C=O) groups is 1. The number of aryl methyl sites for hydroxylation is 1. The molecule has 1 unspecified atom stereocenters. The number of hydrogen-bond acceptors (Lipinski definition) is 2. The molecule has 1 aromatic carbocycles. The van der Waals surface area contributed by atoms with E-state index in [-0.39, 0.29) is 6.42 Å². The minimum absolute atomic E-state index is 0.145. The summed E-state index contributed by atoms with van der Waals surface area (Å²) in [6.07, 6.45) is -5.76. The monoisotopic (exact) mass is 339 g/mol. The summed E-state index contributed by atoms with van der Waals surface area (Å²) in [5.74, 6) is -7.05. The van der Waals surface area contributed by atoms with Crippen molar-refractivity contribution < 1.29 is 31.5 Å². The van der Waals surface area contributed by atoms with E-state index in [0.29, 0.717) is 10.6 Å². The maximum Gasteiger partial charge on any atom is 0.463 e. The van der Waals surface area contributed by atoms with Gasteiger partial charge < -0.3 is 9.64 Å². The third-order valence-electron chi connectivity index (χ3n) is 3.67. The molecule has 0 heterocycles. The largest absolute Gasteiger partial charge is 0.497 e. The van der Waals surface area contributed by atoms with E-state index in [4.69, 9.17) is 4.74 Å². The van der Waals surface area contributed by atoms with Crippen LogP contribution in [0.1, 0.15) is 18.1 Å². The first-order valence-corrected chi connectivity index (χ1v) is 6.77. The van der Waals surface area contributed by atoms with E-state index in [1.807, 2.05) is 0 Å². The second kappa shape index (κ2) is 6.72. The van der Waals surface area contributed by atoms with E-state index in [2.05, 4.69) is 0 Å². The predicted molar refractivity (Wildman–Crippen MR) is 74.7 cm³/mol. The van der Waals surface area contributed by atoms with Crippen LogP contribution in [0.3, 0.4) is 0 Å². The molecule has 23 heavy (non-hydrogen) atoms. The molecular weight excluding hydrogens is 321 g/mol. The van der Waals surface area contributed by atoms with Gasteiger partial charge in [-0.15, -0.1) is 0 Å².